The van der Waals surface area contributed by atoms with Crippen LogP contribution in [0.4, 0.5) is 0 Å². The Labute approximate surface area is 115 Å². The number of hydrogen-bond acceptors (Lipinski definition) is 4. The molecule has 4 nitrogen and oxygen atoms in total. The zero-order valence-electron chi connectivity index (χ0n) is 10.5. The zero-order valence-corrected chi connectivity index (χ0v) is 11.3. The van der Waals surface area contributed by atoms with Crippen LogP contribution in [0.3, 0.4) is 0 Å². The molecule has 0 aliphatic carbocycles. The lowest BCUT2D eigenvalue weighted by Crippen LogP contribution is -1.94. The summed E-state index contributed by atoms with van der Waals surface area (Å²) in [5, 5.41) is 4.66. The molecule has 0 saturated heterocycles. The number of imidazole rings is 1. The summed E-state index contributed by atoms with van der Waals surface area (Å²) < 4.78 is 7.17. The van der Waals surface area contributed by atoms with Crippen LogP contribution >= 0.6 is 11.8 Å². The highest BCUT2D eigenvalue weighted by Crippen LogP contribution is 2.26. The van der Waals surface area contributed by atoms with Crippen molar-refractivity contribution in [2.24, 2.45) is 7.05 Å². The number of aromatic nitrogens is 3. The Kier molecular flexibility index (Phi) is 3.37. The molecule has 3 aromatic rings. The summed E-state index contributed by atoms with van der Waals surface area (Å²) in [6, 6.07) is 12.1. The van der Waals surface area contributed by atoms with Gasteiger partial charge in [-0.2, -0.15) is 0 Å². The van der Waals surface area contributed by atoms with Gasteiger partial charge in [-0.15, -0.1) is 0 Å². The number of benzene rings is 1. The fraction of sp³-hybridized carbons (Fsp3) is 0.143. The van der Waals surface area contributed by atoms with E-state index in [0.29, 0.717) is 0 Å². The normalized spacial score (nSPS) is 10.8. The third-order valence-corrected chi connectivity index (χ3v) is 3.92. The molecule has 3 rings (SSSR count). The van der Waals surface area contributed by atoms with Gasteiger partial charge < -0.3 is 9.09 Å². The van der Waals surface area contributed by atoms with Gasteiger partial charge in [-0.25, -0.2) is 4.98 Å². The Morgan fingerprint density at radius 3 is 2.79 bits per heavy atom. The molecule has 0 N–H and O–H groups in total. The quantitative estimate of drug-likeness (QED) is 0.682. The molecule has 0 bridgehead atoms. The highest BCUT2D eigenvalue weighted by atomic mass is 32.2. The second kappa shape index (κ2) is 5.32. The van der Waals surface area contributed by atoms with Crippen molar-refractivity contribution in [3.05, 3.63) is 54.6 Å². The minimum absolute atomic E-state index is 0.735. The summed E-state index contributed by atoms with van der Waals surface area (Å²) in [6.45, 7) is 0. The summed E-state index contributed by atoms with van der Waals surface area (Å²) in [7, 11) is 2.03. The summed E-state index contributed by atoms with van der Waals surface area (Å²) in [4.78, 5) is 4.46. The third kappa shape index (κ3) is 2.56. The van der Waals surface area contributed by atoms with Gasteiger partial charge in [0.25, 0.3) is 0 Å². The Morgan fingerprint density at radius 2 is 2.05 bits per heavy atom. The van der Waals surface area contributed by atoms with E-state index in [1.54, 1.807) is 18.0 Å². The monoisotopic (exact) mass is 271 g/mol. The first-order valence-corrected chi connectivity index (χ1v) is 6.92. The minimum Gasteiger partial charge on any atom is -0.361 e. The van der Waals surface area contributed by atoms with E-state index in [-0.39, 0.29) is 0 Å². The van der Waals surface area contributed by atoms with Crippen molar-refractivity contribution in [1.82, 2.24) is 14.7 Å². The maximum atomic E-state index is 5.08. The fourth-order valence-corrected chi connectivity index (χ4v) is 2.70. The Bertz CT molecular complexity index is 647. The van der Waals surface area contributed by atoms with Gasteiger partial charge in [0.2, 0.25) is 0 Å². The van der Waals surface area contributed by atoms with Crippen LogP contribution in [-0.2, 0) is 12.8 Å². The van der Waals surface area contributed by atoms with Crippen molar-refractivity contribution in [2.75, 3.05) is 0 Å². The van der Waals surface area contributed by atoms with Crippen LogP contribution in [0.15, 0.2) is 58.5 Å². The molecular formula is C14H13N3OS. The lowest BCUT2D eigenvalue weighted by molar-refractivity contribution is 0.395. The minimum atomic E-state index is 0.735. The Morgan fingerprint density at radius 1 is 1.21 bits per heavy atom. The van der Waals surface area contributed by atoms with Gasteiger partial charge in [0.05, 0.1) is 23.8 Å². The molecule has 0 aliphatic rings. The summed E-state index contributed by atoms with van der Waals surface area (Å²) in [6.07, 6.45) is 3.56. The predicted molar refractivity (Wildman–Crippen MR) is 74.7 cm³/mol. The maximum Gasteiger partial charge on any atom is 0.168 e. The van der Waals surface area contributed by atoms with Gasteiger partial charge in [-0.3, -0.25) is 0 Å². The van der Waals surface area contributed by atoms with E-state index in [1.165, 1.54) is 5.56 Å². The van der Waals surface area contributed by atoms with Crippen molar-refractivity contribution in [3.8, 4) is 11.3 Å². The van der Waals surface area contributed by atoms with Crippen LogP contribution in [0.1, 0.15) is 5.76 Å². The summed E-state index contributed by atoms with van der Waals surface area (Å²) >= 11 is 1.64. The average Bonchev–Trinajstić information content (AvgIpc) is 3.07. The zero-order chi connectivity index (χ0) is 13.1. The van der Waals surface area contributed by atoms with Crippen LogP contribution < -0.4 is 0 Å². The van der Waals surface area contributed by atoms with Crippen molar-refractivity contribution in [1.29, 1.82) is 0 Å². The molecule has 2 heterocycles. The molecule has 0 unspecified atom stereocenters. The van der Waals surface area contributed by atoms with Crippen molar-refractivity contribution in [3.63, 3.8) is 0 Å². The maximum absolute atomic E-state index is 5.08. The second-order valence-corrected chi connectivity index (χ2v) is 5.06. The molecule has 0 saturated carbocycles. The fourth-order valence-electron chi connectivity index (χ4n) is 1.86. The van der Waals surface area contributed by atoms with E-state index in [4.69, 9.17) is 4.52 Å². The van der Waals surface area contributed by atoms with Gasteiger partial charge in [0.15, 0.2) is 5.16 Å². The van der Waals surface area contributed by atoms with Crippen molar-refractivity contribution in [2.45, 2.75) is 10.9 Å². The molecule has 0 radical (unpaired) electrons. The van der Waals surface area contributed by atoms with E-state index in [1.807, 2.05) is 37.5 Å². The molecular weight excluding hydrogens is 258 g/mol. The molecule has 0 aliphatic heterocycles. The third-order valence-electron chi connectivity index (χ3n) is 2.85. The highest BCUT2D eigenvalue weighted by molar-refractivity contribution is 7.98. The molecule has 0 atom stereocenters. The number of thioether (sulfide) groups is 1. The molecule has 96 valence electrons. The molecule has 0 fully saturated rings. The van der Waals surface area contributed by atoms with E-state index in [9.17, 15) is 0 Å². The summed E-state index contributed by atoms with van der Waals surface area (Å²) in [5.74, 6) is 1.59. The number of rotatable bonds is 4. The average molecular weight is 271 g/mol. The lowest BCUT2D eigenvalue weighted by Gasteiger charge is -2.04. The van der Waals surface area contributed by atoms with E-state index >= 15 is 0 Å². The highest BCUT2D eigenvalue weighted by Gasteiger charge is 2.09. The van der Waals surface area contributed by atoms with Gasteiger partial charge in [0.1, 0.15) is 5.76 Å². The number of hydrogen-bond donors (Lipinski definition) is 0. The molecule has 2 aromatic heterocycles. The van der Waals surface area contributed by atoms with Crippen molar-refractivity contribution >= 4 is 11.8 Å². The van der Waals surface area contributed by atoms with Crippen LogP contribution in [0.2, 0.25) is 0 Å². The van der Waals surface area contributed by atoms with E-state index in [0.717, 1.165) is 22.4 Å². The van der Waals surface area contributed by atoms with Gasteiger partial charge >= 0.3 is 0 Å². The standard InChI is InChI=1S/C14H13N3OS/c1-17-13(11-5-3-2-4-6-11)9-15-14(17)19-10-12-7-8-16-18-12/h2-9H,10H2,1H3. The largest absolute Gasteiger partial charge is 0.361 e. The van der Waals surface area contributed by atoms with Crippen LogP contribution in [0, 0.1) is 0 Å². The lowest BCUT2D eigenvalue weighted by atomic mass is 10.2. The molecule has 0 amide bonds. The summed E-state index contributed by atoms with van der Waals surface area (Å²) in [5.41, 5.74) is 2.28. The SMILES string of the molecule is Cn1c(-c2ccccc2)cnc1SCc1ccno1. The van der Waals surface area contributed by atoms with E-state index in [2.05, 4.69) is 26.8 Å². The number of nitrogens with zero attached hydrogens (tertiary/aromatic N) is 3. The van der Waals surface area contributed by atoms with E-state index < -0.39 is 0 Å². The van der Waals surface area contributed by atoms with Crippen LogP contribution in [0.25, 0.3) is 11.3 Å². The first-order chi connectivity index (χ1) is 9.34. The van der Waals surface area contributed by atoms with Crippen LogP contribution in [0.5, 0.6) is 0 Å². The Hall–Kier alpha value is -2.01. The van der Waals surface area contributed by atoms with Gasteiger partial charge in [-0.05, 0) is 5.56 Å². The second-order valence-electron chi connectivity index (χ2n) is 4.12. The predicted octanol–water partition coefficient (Wildman–Crippen LogP) is 3.37. The topological polar surface area (TPSA) is 43.9 Å². The Balaban J connectivity index is 1.79. The van der Waals surface area contributed by atoms with Crippen molar-refractivity contribution < 1.29 is 4.52 Å². The molecule has 0 spiro atoms. The molecule has 1 aromatic carbocycles. The smallest absolute Gasteiger partial charge is 0.168 e. The van der Waals surface area contributed by atoms with Gasteiger partial charge in [0, 0.05) is 13.1 Å². The first-order valence-electron chi connectivity index (χ1n) is 5.94. The first kappa shape index (κ1) is 12.0. The van der Waals surface area contributed by atoms with Gasteiger partial charge in [-0.1, -0.05) is 47.3 Å². The molecule has 19 heavy (non-hydrogen) atoms. The molecule has 5 heteroatoms. The van der Waals surface area contributed by atoms with Crippen LogP contribution in [-0.4, -0.2) is 14.7 Å².